The summed E-state index contributed by atoms with van der Waals surface area (Å²) in [6.07, 6.45) is 0. The van der Waals surface area contributed by atoms with Gasteiger partial charge in [0.1, 0.15) is 0 Å². The number of carbonyl (C=O) groups is 1. The van der Waals surface area contributed by atoms with Gasteiger partial charge in [-0.25, -0.2) is 4.79 Å². The van der Waals surface area contributed by atoms with Crippen molar-refractivity contribution < 1.29 is 14.3 Å². The quantitative estimate of drug-likeness (QED) is 0.426. The summed E-state index contributed by atoms with van der Waals surface area (Å²) in [4.78, 5) is 17.0. The molecule has 0 radical (unpaired) electrons. The summed E-state index contributed by atoms with van der Waals surface area (Å²) in [6.45, 7) is 2.74. The van der Waals surface area contributed by atoms with Crippen molar-refractivity contribution in [2.24, 2.45) is 0 Å². The molecule has 0 saturated carbocycles. The van der Waals surface area contributed by atoms with E-state index in [1.54, 1.807) is 18.2 Å². The molecule has 6 nitrogen and oxygen atoms in total. The molecule has 0 amide bonds. The molecule has 0 atom stereocenters. The third-order valence-corrected chi connectivity index (χ3v) is 5.09. The lowest BCUT2D eigenvalue weighted by Crippen LogP contribution is -2.09. The first-order chi connectivity index (χ1) is 15.2. The molecular formula is C25H21N3O3. The Labute approximate surface area is 180 Å². The van der Waals surface area contributed by atoms with Gasteiger partial charge < -0.3 is 9.47 Å². The van der Waals surface area contributed by atoms with Crippen molar-refractivity contribution in [3.05, 3.63) is 83.4 Å². The highest BCUT2D eigenvalue weighted by Crippen LogP contribution is 2.31. The van der Waals surface area contributed by atoms with Crippen LogP contribution in [0.5, 0.6) is 6.01 Å². The van der Waals surface area contributed by atoms with Crippen molar-refractivity contribution >= 4 is 17.0 Å². The Morgan fingerprint density at radius 2 is 1.77 bits per heavy atom. The van der Waals surface area contributed by atoms with E-state index in [0.29, 0.717) is 41.3 Å². The van der Waals surface area contributed by atoms with Crippen LogP contribution in [0.3, 0.4) is 0 Å². The van der Waals surface area contributed by atoms with Crippen molar-refractivity contribution in [3.63, 3.8) is 0 Å². The van der Waals surface area contributed by atoms with Crippen LogP contribution >= 0.6 is 0 Å². The molecule has 0 aliphatic carbocycles. The molecule has 0 N–H and O–H groups in total. The van der Waals surface area contributed by atoms with E-state index in [1.807, 2.05) is 60.0 Å². The molecule has 6 heteroatoms. The maximum atomic E-state index is 12.4. The predicted octanol–water partition coefficient (Wildman–Crippen LogP) is 4.81. The summed E-state index contributed by atoms with van der Waals surface area (Å²) in [5, 5.41) is 9.57. The Morgan fingerprint density at radius 1 is 1.03 bits per heavy atom. The van der Waals surface area contributed by atoms with E-state index in [1.165, 1.54) is 7.11 Å². The van der Waals surface area contributed by atoms with E-state index in [4.69, 9.17) is 9.47 Å². The number of fused-ring (bicyclic) bond motifs is 1. The average Bonchev–Trinajstić information content (AvgIpc) is 3.16. The SMILES string of the molecule is CCOc1nc2cccc(C(=O)OC)c2n1Cc1ccccc1-c1ccccc1C#N. The third-order valence-electron chi connectivity index (χ3n) is 5.09. The highest BCUT2D eigenvalue weighted by atomic mass is 16.5. The molecule has 4 rings (SSSR count). The van der Waals surface area contributed by atoms with Gasteiger partial charge in [-0.1, -0.05) is 48.5 Å². The number of para-hydroxylation sites is 1. The van der Waals surface area contributed by atoms with Crippen molar-refractivity contribution in [2.75, 3.05) is 13.7 Å². The largest absolute Gasteiger partial charge is 0.465 e. The van der Waals surface area contributed by atoms with Gasteiger partial charge in [0.15, 0.2) is 0 Å². The van der Waals surface area contributed by atoms with Gasteiger partial charge in [-0.05, 0) is 41.8 Å². The van der Waals surface area contributed by atoms with Gasteiger partial charge in [0.05, 0.1) is 48.5 Å². The fraction of sp³-hybridized carbons (Fsp3) is 0.160. The van der Waals surface area contributed by atoms with Gasteiger partial charge in [0, 0.05) is 0 Å². The van der Waals surface area contributed by atoms with Crippen LogP contribution in [-0.4, -0.2) is 29.2 Å². The van der Waals surface area contributed by atoms with Crippen LogP contribution in [0.25, 0.3) is 22.2 Å². The van der Waals surface area contributed by atoms with E-state index in [9.17, 15) is 10.1 Å². The molecule has 0 unspecified atom stereocenters. The van der Waals surface area contributed by atoms with Crippen LogP contribution in [-0.2, 0) is 11.3 Å². The molecule has 0 saturated heterocycles. The smallest absolute Gasteiger partial charge is 0.340 e. The fourth-order valence-electron chi connectivity index (χ4n) is 3.73. The zero-order valence-corrected chi connectivity index (χ0v) is 17.3. The molecule has 154 valence electrons. The monoisotopic (exact) mass is 411 g/mol. The minimum absolute atomic E-state index is 0.412. The van der Waals surface area contributed by atoms with Gasteiger partial charge in [-0.15, -0.1) is 0 Å². The van der Waals surface area contributed by atoms with E-state index < -0.39 is 5.97 Å². The summed E-state index contributed by atoms with van der Waals surface area (Å²) < 4.78 is 12.7. The van der Waals surface area contributed by atoms with Crippen LogP contribution in [0.15, 0.2) is 66.7 Å². The first kappa shape index (κ1) is 20.2. The molecule has 0 bridgehead atoms. The number of esters is 1. The number of hydrogen-bond acceptors (Lipinski definition) is 5. The number of methoxy groups -OCH3 is 1. The van der Waals surface area contributed by atoms with Crippen molar-refractivity contribution in [1.29, 1.82) is 5.26 Å². The van der Waals surface area contributed by atoms with E-state index >= 15 is 0 Å². The molecule has 0 fully saturated rings. The Kier molecular flexibility index (Phi) is 5.67. The molecule has 1 heterocycles. The maximum Gasteiger partial charge on any atom is 0.340 e. The Hall–Kier alpha value is -4.11. The molecular weight excluding hydrogens is 390 g/mol. The van der Waals surface area contributed by atoms with Gasteiger partial charge in [0.2, 0.25) is 0 Å². The van der Waals surface area contributed by atoms with Crippen LogP contribution in [0, 0.1) is 11.3 Å². The lowest BCUT2D eigenvalue weighted by molar-refractivity contribution is 0.0602. The zero-order chi connectivity index (χ0) is 21.8. The van der Waals surface area contributed by atoms with Gasteiger partial charge >= 0.3 is 5.97 Å². The van der Waals surface area contributed by atoms with Gasteiger partial charge in [0.25, 0.3) is 6.01 Å². The summed E-state index contributed by atoms with van der Waals surface area (Å²) in [5.74, 6) is -0.432. The van der Waals surface area contributed by atoms with Crippen molar-refractivity contribution in [1.82, 2.24) is 9.55 Å². The summed E-state index contributed by atoms with van der Waals surface area (Å²) in [5.41, 5.74) is 5.11. The molecule has 0 aliphatic heterocycles. The third kappa shape index (κ3) is 3.74. The zero-order valence-electron chi connectivity index (χ0n) is 17.3. The number of benzene rings is 3. The summed E-state index contributed by atoms with van der Waals surface area (Å²) >= 11 is 0. The minimum atomic E-state index is -0.432. The van der Waals surface area contributed by atoms with Crippen LogP contribution < -0.4 is 4.74 Å². The van der Waals surface area contributed by atoms with E-state index in [-0.39, 0.29) is 0 Å². The average molecular weight is 411 g/mol. The Balaban J connectivity index is 1.91. The van der Waals surface area contributed by atoms with Crippen LogP contribution in [0.2, 0.25) is 0 Å². The number of nitriles is 1. The molecule has 4 aromatic rings. The maximum absolute atomic E-state index is 12.4. The number of hydrogen-bond donors (Lipinski definition) is 0. The first-order valence-electron chi connectivity index (χ1n) is 9.95. The van der Waals surface area contributed by atoms with E-state index in [2.05, 4.69) is 11.1 Å². The lowest BCUT2D eigenvalue weighted by Gasteiger charge is -2.15. The number of aromatic nitrogens is 2. The second-order valence-electron chi connectivity index (χ2n) is 6.89. The second-order valence-corrected chi connectivity index (χ2v) is 6.89. The normalized spacial score (nSPS) is 10.6. The molecule has 1 aromatic heterocycles. The summed E-state index contributed by atoms with van der Waals surface area (Å²) in [6, 6.07) is 23.4. The molecule has 3 aromatic carbocycles. The number of carbonyl (C=O) groups excluding carboxylic acids is 1. The second kappa shape index (κ2) is 8.72. The highest BCUT2D eigenvalue weighted by Gasteiger charge is 2.20. The highest BCUT2D eigenvalue weighted by molar-refractivity contribution is 6.02. The van der Waals surface area contributed by atoms with Crippen LogP contribution in [0.4, 0.5) is 0 Å². The Morgan fingerprint density at radius 3 is 2.52 bits per heavy atom. The topological polar surface area (TPSA) is 77.1 Å². The lowest BCUT2D eigenvalue weighted by atomic mass is 9.96. The number of nitrogens with zero attached hydrogens (tertiary/aromatic N) is 3. The van der Waals surface area contributed by atoms with Crippen LogP contribution in [0.1, 0.15) is 28.4 Å². The van der Waals surface area contributed by atoms with E-state index in [0.717, 1.165) is 16.7 Å². The standard InChI is InChI=1S/C25H21N3O3/c1-3-31-25-27-22-14-8-13-21(24(29)30-2)23(22)28(25)16-18-10-5-7-12-20(18)19-11-6-4-9-17(19)15-26/h4-14H,3,16H2,1-2H3. The van der Waals surface area contributed by atoms with Crippen molar-refractivity contribution in [2.45, 2.75) is 13.5 Å². The first-order valence-corrected chi connectivity index (χ1v) is 9.95. The molecule has 0 aliphatic rings. The molecule has 0 spiro atoms. The van der Waals surface area contributed by atoms with Gasteiger partial charge in [-0.2, -0.15) is 10.2 Å². The number of ether oxygens (including phenoxy) is 2. The van der Waals surface area contributed by atoms with Crippen molar-refractivity contribution in [3.8, 4) is 23.2 Å². The Bertz CT molecular complexity index is 1300. The minimum Gasteiger partial charge on any atom is -0.465 e. The fourth-order valence-corrected chi connectivity index (χ4v) is 3.73. The summed E-state index contributed by atoms with van der Waals surface area (Å²) in [7, 11) is 1.36. The van der Waals surface area contributed by atoms with Gasteiger partial charge in [-0.3, -0.25) is 4.57 Å². The number of rotatable bonds is 6. The molecule has 31 heavy (non-hydrogen) atoms. The number of imidazole rings is 1. The predicted molar refractivity (Wildman–Crippen MR) is 118 cm³/mol.